The largest absolute Gasteiger partial charge is 0.396 e. The third kappa shape index (κ3) is 2.42. The van der Waals surface area contributed by atoms with E-state index in [1.807, 2.05) is 13.8 Å². The molecule has 1 unspecified atom stereocenters. The molecule has 0 aromatic carbocycles. The van der Waals surface area contributed by atoms with Gasteiger partial charge < -0.3 is 15.7 Å². The van der Waals surface area contributed by atoms with Gasteiger partial charge in [-0.3, -0.25) is 4.79 Å². The molecule has 1 saturated heterocycles. The third-order valence-electron chi connectivity index (χ3n) is 2.45. The van der Waals surface area contributed by atoms with Crippen molar-refractivity contribution in [1.29, 1.82) is 0 Å². The van der Waals surface area contributed by atoms with E-state index in [0.29, 0.717) is 19.5 Å². The molecule has 1 amide bonds. The van der Waals surface area contributed by atoms with Crippen LogP contribution in [0.25, 0.3) is 0 Å². The monoisotopic (exact) mass is 186 g/mol. The second kappa shape index (κ2) is 3.64. The van der Waals surface area contributed by atoms with Gasteiger partial charge in [0.1, 0.15) is 6.04 Å². The molecule has 0 saturated carbocycles. The maximum absolute atomic E-state index is 11.2. The van der Waals surface area contributed by atoms with Crippen LogP contribution in [0.5, 0.6) is 0 Å². The van der Waals surface area contributed by atoms with Gasteiger partial charge >= 0.3 is 0 Å². The van der Waals surface area contributed by atoms with Crippen LogP contribution in [-0.4, -0.2) is 41.7 Å². The maximum atomic E-state index is 11.2. The summed E-state index contributed by atoms with van der Waals surface area (Å²) in [5.74, 6) is 0.0333. The third-order valence-corrected chi connectivity index (χ3v) is 2.45. The molecule has 4 nitrogen and oxygen atoms in total. The predicted molar refractivity (Wildman–Crippen MR) is 50.0 cm³/mol. The molecule has 1 aliphatic rings. The van der Waals surface area contributed by atoms with Gasteiger partial charge in [-0.1, -0.05) is 13.8 Å². The molecule has 1 heterocycles. The fraction of sp³-hybridized carbons (Fsp3) is 0.889. The van der Waals surface area contributed by atoms with Crippen LogP contribution in [0.3, 0.4) is 0 Å². The highest BCUT2D eigenvalue weighted by Crippen LogP contribution is 2.24. The number of nitrogens with zero attached hydrogens (tertiary/aromatic N) is 1. The van der Waals surface area contributed by atoms with Gasteiger partial charge in [0.05, 0.1) is 0 Å². The fourth-order valence-corrected chi connectivity index (χ4v) is 1.57. The summed E-state index contributed by atoms with van der Waals surface area (Å²) in [4.78, 5) is 12.9. The molecule has 0 spiro atoms. The molecule has 1 rings (SSSR count). The Hall–Kier alpha value is -0.610. The van der Waals surface area contributed by atoms with Gasteiger partial charge in [-0.25, -0.2) is 0 Å². The van der Waals surface area contributed by atoms with Crippen LogP contribution >= 0.6 is 0 Å². The van der Waals surface area contributed by atoms with Crippen LogP contribution in [0.1, 0.15) is 20.3 Å². The first-order chi connectivity index (χ1) is 5.96. The molecular formula is C9H18N2O2. The summed E-state index contributed by atoms with van der Waals surface area (Å²) in [6.07, 6.45) is 0.714. The Bertz CT molecular complexity index is 204. The molecule has 1 aliphatic heterocycles. The molecule has 0 radical (unpaired) electrons. The molecule has 1 atom stereocenters. The van der Waals surface area contributed by atoms with Crippen molar-refractivity contribution in [2.24, 2.45) is 11.1 Å². The van der Waals surface area contributed by atoms with E-state index in [1.54, 1.807) is 4.90 Å². The predicted octanol–water partition coefficient (Wildman–Crippen LogP) is -0.435. The van der Waals surface area contributed by atoms with Gasteiger partial charge in [0.15, 0.2) is 0 Å². The number of β-lactam (4-membered cyclic amide) rings is 1. The van der Waals surface area contributed by atoms with Crippen molar-refractivity contribution in [2.75, 3.05) is 19.7 Å². The van der Waals surface area contributed by atoms with Gasteiger partial charge in [0.2, 0.25) is 5.91 Å². The van der Waals surface area contributed by atoms with Gasteiger partial charge in [-0.15, -0.1) is 0 Å². The van der Waals surface area contributed by atoms with Crippen LogP contribution in [0.4, 0.5) is 0 Å². The minimum absolute atomic E-state index is 0.00938. The summed E-state index contributed by atoms with van der Waals surface area (Å²) in [7, 11) is 0. The Balaban J connectivity index is 2.37. The molecular weight excluding hydrogens is 168 g/mol. The molecule has 13 heavy (non-hydrogen) atoms. The summed E-state index contributed by atoms with van der Waals surface area (Å²) in [5, 5.41) is 8.80. The number of rotatable bonds is 4. The minimum atomic E-state index is -0.287. The Morgan fingerprint density at radius 1 is 1.69 bits per heavy atom. The quantitative estimate of drug-likeness (QED) is 0.585. The normalized spacial score (nSPS) is 23.2. The first-order valence-electron chi connectivity index (χ1n) is 4.61. The molecule has 4 heteroatoms. The van der Waals surface area contributed by atoms with E-state index in [2.05, 4.69) is 0 Å². The smallest absolute Gasteiger partial charge is 0.241 e. The molecule has 0 bridgehead atoms. The lowest BCUT2D eigenvalue weighted by Gasteiger charge is -2.41. The van der Waals surface area contributed by atoms with Crippen LogP contribution in [-0.2, 0) is 4.79 Å². The van der Waals surface area contributed by atoms with E-state index < -0.39 is 0 Å². The van der Waals surface area contributed by atoms with E-state index in [0.717, 1.165) is 0 Å². The molecule has 3 N–H and O–H groups in total. The summed E-state index contributed by atoms with van der Waals surface area (Å²) in [6.45, 7) is 5.61. The van der Waals surface area contributed by atoms with Crippen LogP contribution < -0.4 is 5.73 Å². The zero-order valence-electron chi connectivity index (χ0n) is 8.29. The van der Waals surface area contributed by atoms with Gasteiger partial charge in [0.25, 0.3) is 0 Å². The van der Waals surface area contributed by atoms with E-state index >= 15 is 0 Å². The Labute approximate surface area is 78.7 Å². The van der Waals surface area contributed by atoms with Crippen molar-refractivity contribution in [1.82, 2.24) is 4.90 Å². The number of aliphatic hydroxyl groups is 1. The zero-order chi connectivity index (χ0) is 10.1. The maximum Gasteiger partial charge on any atom is 0.241 e. The number of amides is 1. The van der Waals surface area contributed by atoms with Crippen molar-refractivity contribution in [3.63, 3.8) is 0 Å². The lowest BCUT2D eigenvalue weighted by Crippen LogP contribution is -2.62. The summed E-state index contributed by atoms with van der Waals surface area (Å²) in [5.41, 5.74) is 5.46. The highest BCUT2D eigenvalue weighted by Gasteiger charge is 2.36. The topological polar surface area (TPSA) is 66.6 Å². The van der Waals surface area contributed by atoms with Gasteiger partial charge in [-0.2, -0.15) is 0 Å². The molecule has 76 valence electrons. The highest BCUT2D eigenvalue weighted by molar-refractivity contribution is 5.87. The molecule has 0 aliphatic carbocycles. The number of carbonyl (C=O) groups excluding carboxylic acids is 1. The Morgan fingerprint density at radius 3 is 2.69 bits per heavy atom. The molecule has 0 aromatic heterocycles. The van der Waals surface area contributed by atoms with Crippen molar-refractivity contribution in [3.8, 4) is 0 Å². The molecule has 1 fully saturated rings. The average molecular weight is 186 g/mol. The first-order valence-corrected chi connectivity index (χ1v) is 4.61. The Kier molecular flexibility index (Phi) is 2.93. The summed E-state index contributed by atoms with van der Waals surface area (Å²) in [6, 6.07) is -0.287. The van der Waals surface area contributed by atoms with Crippen LogP contribution in [0, 0.1) is 5.41 Å². The van der Waals surface area contributed by atoms with Gasteiger partial charge in [-0.05, 0) is 11.8 Å². The van der Waals surface area contributed by atoms with Crippen molar-refractivity contribution in [2.45, 2.75) is 26.3 Å². The lowest BCUT2D eigenvalue weighted by atomic mass is 9.87. The number of likely N-dealkylation sites (tertiary alicyclic amines) is 1. The van der Waals surface area contributed by atoms with E-state index in [4.69, 9.17) is 10.8 Å². The van der Waals surface area contributed by atoms with E-state index in [1.165, 1.54) is 0 Å². The summed E-state index contributed by atoms with van der Waals surface area (Å²) < 4.78 is 0. The average Bonchev–Trinajstić information content (AvgIpc) is 2.03. The number of aliphatic hydroxyl groups excluding tert-OH is 1. The van der Waals surface area contributed by atoms with Gasteiger partial charge in [0, 0.05) is 19.7 Å². The van der Waals surface area contributed by atoms with E-state index in [-0.39, 0.29) is 24.0 Å². The second-order valence-electron chi connectivity index (χ2n) is 4.46. The molecule has 0 aromatic rings. The van der Waals surface area contributed by atoms with E-state index in [9.17, 15) is 4.79 Å². The van der Waals surface area contributed by atoms with Crippen LogP contribution in [0.2, 0.25) is 0 Å². The fourth-order valence-electron chi connectivity index (χ4n) is 1.57. The summed E-state index contributed by atoms with van der Waals surface area (Å²) >= 11 is 0. The van der Waals surface area contributed by atoms with Crippen molar-refractivity contribution in [3.05, 3.63) is 0 Å². The SMILES string of the molecule is CC(C)(CCO)CN1CC(N)C1=O. The number of carbonyl (C=O) groups is 1. The van der Waals surface area contributed by atoms with Crippen LogP contribution in [0.15, 0.2) is 0 Å². The van der Waals surface area contributed by atoms with Crippen molar-refractivity contribution < 1.29 is 9.90 Å². The standard InChI is InChI=1S/C9H18N2O2/c1-9(2,3-4-12)6-11-5-7(10)8(11)13/h7,12H,3-6,10H2,1-2H3. The highest BCUT2D eigenvalue weighted by atomic mass is 16.3. The number of hydrogen-bond acceptors (Lipinski definition) is 3. The van der Waals surface area contributed by atoms with Crippen molar-refractivity contribution >= 4 is 5.91 Å². The first kappa shape index (κ1) is 10.5. The Morgan fingerprint density at radius 2 is 2.31 bits per heavy atom. The zero-order valence-corrected chi connectivity index (χ0v) is 8.29. The second-order valence-corrected chi connectivity index (χ2v) is 4.46. The lowest BCUT2D eigenvalue weighted by molar-refractivity contribution is -0.144. The number of nitrogens with two attached hydrogens (primary N) is 1. The number of hydrogen-bond donors (Lipinski definition) is 2. The minimum Gasteiger partial charge on any atom is -0.396 e.